The average molecular weight is 383 g/mol. The molecule has 2 heterocycles. The number of rotatable bonds is 4. The first kappa shape index (κ1) is 18.9. The lowest BCUT2D eigenvalue weighted by molar-refractivity contribution is 0.592. The second kappa shape index (κ2) is 7.51. The molecular weight excluding hydrogens is 358 g/mol. The van der Waals surface area contributed by atoms with Crippen LogP contribution in [0.1, 0.15) is 32.0 Å². The zero-order valence-electron chi connectivity index (χ0n) is 17.2. The first-order valence-corrected chi connectivity index (χ1v) is 9.73. The van der Waals surface area contributed by atoms with Gasteiger partial charge in [0, 0.05) is 29.0 Å². The Morgan fingerprint density at radius 2 is 1.55 bits per heavy atom. The first-order valence-electron chi connectivity index (χ1n) is 9.73. The van der Waals surface area contributed by atoms with Crippen LogP contribution in [-0.4, -0.2) is 15.0 Å². The van der Waals surface area contributed by atoms with E-state index in [1.165, 1.54) is 5.56 Å². The molecule has 0 aliphatic rings. The number of hydrogen-bond donors (Lipinski definition) is 2. The van der Waals surface area contributed by atoms with Crippen LogP contribution in [0.25, 0.3) is 10.9 Å². The van der Waals surface area contributed by atoms with Crippen molar-refractivity contribution in [3.8, 4) is 0 Å². The van der Waals surface area contributed by atoms with Crippen LogP contribution in [0.5, 0.6) is 0 Å². The highest BCUT2D eigenvalue weighted by Crippen LogP contribution is 2.31. The molecule has 2 aromatic carbocycles. The molecule has 0 aliphatic carbocycles. The molecule has 29 heavy (non-hydrogen) atoms. The summed E-state index contributed by atoms with van der Waals surface area (Å²) >= 11 is 0. The van der Waals surface area contributed by atoms with Crippen LogP contribution in [0.15, 0.2) is 66.9 Å². The SMILES string of the molecule is Cc1cc(Nc2ccccc2C(C)(C)C)nc(Nc2cccc3cccnc23)n1. The van der Waals surface area contributed by atoms with E-state index < -0.39 is 0 Å². The summed E-state index contributed by atoms with van der Waals surface area (Å²) < 4.78 is 0. The fraction of sp³-hybridized carbons (Fsp3) is 0.208. The van der Waals surface area contributed by atoms with E-state index >= 15 is 0 Å². The van der Waals surface area contributed by atoms with Crippen molar-refractivity contribution in [1.29, 1.82) is 0 Å². The molecule has 0 unspecified atom stereocenters. The van der Waals surface area contributed by atoms with Crippen molar-refractivity contribution >= 4 is 34.0 Å². The molecule has 5 heteroatoms. The summed E-state index contributed by atoms with van der Waals surface area (Å²) in [7, 11) is 0. The fourth-order valence-electron chi connectivity index (χ4n) is 3.40. The van der Waals surface area contributed by atoms with Crippen molar-refractivity contribution in [2.24, 2.45) is 0 Å². The highest BCUT2D eigenvalue weighted by molar-refractivity contribution is 5.91. The number of fused-ring (bicyclic) bond motifs is 1. The lowest BCUT2D eigenvalue weighted by Gasteiger charge is -2.23. The Kier molecular flexibility index (Phi) is 4.89. The summed E-state index contributed by atoms with van der Waals surface area (Å²) in [6.07, 6.45) is 1.79. The lowest BCUT2D eigenvalue weighted by Crippen LogP contribution is -2.14. The van der Waals surface area contributed by atoms with Gasteiger partial charge in [-0.25, -0.2) is 4.98 Å². The zero-order chi connectivity index (χ0) is 20.4. The van der Waals surface area contributed by atoms with Gasteiger partial charge in [-0.15, -0.1) is 0 Å². The quantitative estimate of drug-likeness (QED) is 0.445. The van der Waals surface area contributed by atoms with E-state index in [2.05, 4.69) is 59.6 Å². The minimum atomic E-state index is 0.0291. The molecular formula is C24H25N5. The van der Waals surface area contributed by atoms with Gasteiger partial charge in [0.1, 0.15) is 5.82 Å². The minimum absolute atomic E-state index is 0.0291. The number of pyridine rings is 1. The Balaban J connectivity index is 1.67. The lowest BCUT2D eigenvalue weighted by atomic mass is 9.86. The number of aromatic nitrogens is 3. The molecule has 0 aliphatic heterocycles. The van der Waals surface area contributed by atoms with E-state index in [1.807, 2.05) is 49.4 Å². The third-order valence-corrected chi connectivity index (χ3v) is 4.73. The van der Waals surface area contributed by atoms with Crippen LogP contribution >= 0.6 is 0 Å². The smallest absolute Gasteiger partial charge is 0.229 e. The van der Waals surface area contributed by atoms with Crippen molar-refractivity contribution < 1.29 is 0 Å². The third-order valence-electron chi connectivity index (χ3n) is 4.73. The molecule has 0 radical (unpaired) electrons. The van der Waals surface area contributed by atoms with Gasteiger partial charge < -0.3 is 10.6 Å². The largest absolute Gasteiger partial charge is 0.340 e. The number of hydrogen-bond acceptors (Lipinski definition) is 5. The minimum Gasteiger partial charge on any atom is -0.340 e. The van der Waals surface area contributed by atoms with E-state index in [-0.39, 0.29) is 5.41 Å². The predicted octanol–water partition coefficient (Wildman–Crippen LogP) is 6.12. The monoisotopic (exact) mass is 383 g/mol. The standard InChI is InChI=1S/C24H25N5/c1-16-15-21(27-19-12-6-5-11-18(19)24(2,3)4)29-23(26-16)28-20-13-7-9-17-10-8-14-25-22(17)20/h5-15H,1-4H3,(H2,26,27,28,29). The van der Waals surface area contributed by atoms with Crippen molar-refractivity contribution in [3.05, 3.63) is 78.1 Å². The maximum Gasteiger partial charge on any atom is 0.229 e. The molecule has 0 saturated carbocycles. The van der Waals surface area contributed by atoms with E-state index in [0.29, 0.717) is 5.95 Å². The molecule has 0 amide bonds. The predicted molar refractivity (Wildman–Crippen MR) is 120 cm³/mol. The second-order valence-electron chi connectivity index (χ2n) is 8.14. The molecule has 5 nitrogen and oxygen atoms in total. The van der Waals surface area contributed by atoms with Crippen LogP contribution in [0.3, 0.4) is 0 Å². The summed E-state index contributed by atoms with van der Waals surface area (Å²) in [6.45, 7) is 8.59. The highest BCUT2D eigenvalue weighted by Gasteiger charge is 2.18. The fourth-order valence-corrected chi connectivity index (χ4v) is 3.40. The first-order chi connectivity index (χ1) is 13.9. The molecule has 0 saturated heterocycles. The number of nitrogens with zero attached hydrogens (tertiary/aromatic N) is 3. The molecule has 0 atom stereocenters. The Morgan fingerprint density at radius 1 is 0.793 bits per heavy atom. The number of nitrogens with one attached hydrogen (secondary N) is 2. The van der Waals surface area contributed by atoms with Gasteiger partial charge in [-0.3, -0.25) is 4.98 Å². The number of benzene rings is 2. The zero-order valence-corrected chi connectivity index (χ0v) is 17.2. The van der Waals surface area contributed by atoms with Gasteiger partial charge in [-0.05, 0) is 36.1 Å². The van der Waals surface area contributed by atoms with E-state index in [1.54, 1.807) is 6.20 Å². The topological polar surface area (TPSA) is 62.7 Å². The summed E-state index contributed by atoms with van der Waals surface area (Å²) in [5.41, 5.74) is 4.98. The van der Waals surface area contributed by atoms with Crippen LogP contribution in [-0.2, 0) is 5.41 Å². The molecule has 0 spiro atoms. The molecule has 4 rings (SSSR count). The van der Waals surface area contributed by atoms with E-state index in [9.17, 15) is 0 Å². The molecule has 0 bridgehead atoms. The molecule has 2 N–H and O–H groups in total. The maximum absolute atomic E-state index is 4.69. The Bertz CT molecular complexity index is 1160. The average Bonchev–Trinajstić information content (AvgIpc) is 2.67. The molecule has 2 aromatic heterocycles. The summed E-state index contributed by atoms with van der Waals surface area (Å²) in [6, 6.07) is 20.3. The normalized spacial score (nSPS) is 11.4. The Hall–Kier alpha value is -3.47. The summed E-state index contributed by atoms with van der Waals surface area (Å²) in [4.78, 5) is 13.7. The van der Waals surface area contributed by atoms with Crippen LogP contribution in [0.2, 0.25) is 0 Å². The van der Waals surface area contributed by atoms with Crippen LogP contribution in [0, 0.1) is 6.92 Å². The summed E-state index contributed by atoms with van der Waals surface area (Å²) in [5.74, 6) is 1.30. The van der Waals surface area contributed by atoms with Crippen molar-refractivity contribution in [2.75, 3.05) is 10.6 Å². The molecule has 146 valence electrons. The molecule has 0 fully saturated rings. The van der Waals surface area contributed by atoms with Gasteiger partial charge in [0.25, 0.3) is 0 Å². The molecule has 4 aromatic rings. The Labute approximate surface area is 171 Å². The number of para-hydroxylation sites is 2. The van der Waals surface area contributed by atoms with Crippen LogP contribution < -0.4 is 10.6 Å². The van der Waals surface area contributed by atoms with Crippen molar-refractivity contribution in [1.82, 2.24) is 15.0 Å². The highest BCUT2D eigenvalue weighted by atomic mass is 15.1. The van der Waals surface area contributed by atoms with Gasteiger partial charge in [0.2, 0.25) is 5.95 Å². The van der Waals surface area contributed by atoms with Crippen molar-refractivity contribution in [2.45, 2.75) is 33.1 Å². The third kappa shape index (κ3) is 4.19. The maximum atomic E-state index is 4.69. The van der Waals surface area contributed by atoms with Crippen molar-refractivity contribution in [3.63, 3.8) is 0 Å². The summed E-state index contributed by atoms with van der Waals surface area (Å²) in [5, 5.41) is 7.88. The van der Waals surface area contributed by atoms with Crippen LogP contribution in [0.4, 0.5) is 23.1 Å². The van der Waals surface area contributed by atoms with Gasteiger partial charge in [0.15, 0.2) is 0 Å². The number of aryl methyl sites for hydroxylation is 1. The Morgan fingerprint density at radius 3 is 2.38 bits per heavy atom. The number of anilines is 4. The van der Waals surface area contributed by atoms with Gasteiger partial charge in [0.05, 0.1) is 11.2 Å². The van der Waals surface area contributed by atoms with Gasteiger partial charge >= 0.3 is 0 Å². The van der Waals surface area contributed by atoms with E-state index in [4.69, 9.17) is 4.98 Å². The van der Waals surface area contributed by atoms with E-state index in [0.717, 1.165) is 33.8 Å². The second-order valence-corrected chi connectivity index (χ2v) is 8.14. The van der Waals surface area contributed by atoms with Gasteiger partial charge in [-0.1, -0.05) is 57.2 Å². The van der Waals surface area contributed by atoms with Gasteiger partial charge in [-0.2, -0.15) is 4.98 Å².